The summed E-state index contributed by atoms with van der Waals surface area (Å²) in [5, 5.41) is 0. The molecule has 1 amide bonds. The Morgan fingerprint density at radius 3 is 2.35 bits per heavy atom. The fourth-order valence-electron chi connectivity index (χ4n) is 2.96. The third kappa shape index (κ3) is 3.59. The van der Waals surface area contributed by atoms with Crippen molar-refractivity contribution in [2.45, 2.75) is 44.6 Å². The highest BCUT2D eigenvalue weighted by molar-refractivity contribution is 6.17. The number of hydrogen-bond acceptors (Lipinski definition) is 2. The average Bonchev–Trinajstić information content (AvgIpc) is 2.90. The lowest BCUT2D eigenvalue weighted by atomic mass is 10.0. The first-order valence-electron chi connectivity index (χ1n) is 6.89. The van der Waals surface area contributed by atoms with E-state index in [1.165, 1.54) is 25.9 Å². The second-order valence-electron chi connectivity index (χ2n) is 5.15. The topological polar surface area (TPSA) is 23.6 Å². The van der Waals surface area contributed by atoms with Crippen molar-refractivity contribution in [3.05, 3.63) is 0 Å². The van der Waals surface area contributed by atoms with Gasteiger partial charge in [0.2, 0.25) is 5.91 Å². The van der Waals surface area contributed by atoms with Crippen LogP contribution in [0.1, 0.15) is 38.5 Å². The van der Waals surface area contributed by atoms with Crippen LogP contribution in [0.4, 0.5) is 0 Å². The first-order chi connectivity index (χ1) is 8.31. The summed E-state index contributed by atoms with van der Waals surface area (Å²) in [7, 11) is 0. The largest absolute Gasteiger partial charge is 0.343 e. The van der Waals surface area contributed by atoms with E-state index in [0.717, 1.165) is 38.4 Å². The minimum absolute atomic E-state index is 0.297. The van der Waals surface area contributed by atoms with Crippen LogP contribution in [-0.2, 0) is 4.79 Å². The van der Waals surface area contributed by atoms with Gasteiger partial charge < -0.3 is 9.80 Å². The Bertz CT molecular complexity index is 246. The van der Waals surface area contributed by atoms with Crippen LogP contribution in [0, 0.1) is 0 Å². The van der Waals surface area contributed by atoms with E-state index in [2.05, 4.69) is 4.90 Å². The summed E-state index contributed by atoms with van der Waals surface area (Å²) in [6.07, 6.45) is 6.47. The quantitative estimate of drug-likeness (QED) is 0.721. The normalized spacial score (nSPS) is 23.2. The summed E-state index contributed by atoms with van der Waals surface area (Å²) in [5.74, 6) is 0.890. The molecular weight excluding hydrogens is 236 g/mol. The maximum absolute atomic E-state index is 11.8. The SMILES string of the molecule is O=C(CCCCl)N1CCC(N2CCCC2)CC1. The van der Waals surface area contributed by atoms with Crippen LogP contribution in [0.5, 0.6) is 0 Å². The third-order valence-corrected chi connectivity index (χ3v) is 4.27. The van der Waals surface area contributed by atoms with Gasteiger partial charge in [0.1, 0.15) is 0 Å². The van der Waals surface area contributed by atoms with Gasteiger partial charge in [0.05, 0.1) is 0 Å². The molecule has 2 aliphatic heterocycles. The van der Waals surface area contributed by atoms with Gasteiger partial charge in [0.15, 0.2) is 0 Å². The zero-order chi connectivity index (χ0) is 12.1. The number of carbonyl (C=O) groups is 1. The molecule has 0 spiro atoms. The second-order valence-corrected chi connectivity index (χ2v) is 5.53. The predicted octanol–water partition coefficient (Wildman–Crippen LogP) is 2.09. The minimum atomic E-state index is 0.297. The predicted molar refractivity (Wildman–Crippen MR) is 70.4 cm³/mol. The Labute approximate surface area is 109 Å². The van der Waals surface area contributed by atoms with Gasteiger partial charge in [-0.1, -0.05) is 0 Å². The Kier molecular flexibility index (Phi) is 5.11. The van der Waals surface area contributed by atoms with Crippen LogP contribution >= 0.6 is 11.6 Å². The molecule has 17 heavy (non-hydrogen) atoms. The number of halogens is 1. The number of carbonyl (C=O) groups excluding carboxylic acids is 1. The molecule has 0 bridgehead atoms. The average molecular weight is 259 g/mol. The van der Waals surface area contributed by atoms with Crippen LogP contribution in [0.15, 0.2) is 0 Å². The first-order valence-corrected chi connectivity index (χ1v) is 7.42. The van der Waals surface area contributed by atoms with Gasteiger partial charge in [-0.3, -0.25) is 4.79 Å². The standard InChI is InChI=1S/C13H23ClN2O/c14-7-3-4-13(17)16-10-5-12(6-11-16)15-8-1-2-9-15/h12H,1-11H2. The van der Waals surface area contributed by atoms with Gasteiger partial charge in [-0.25, -0.2) is 0 Å². The number of piperidine rings is 1. The van der Waals surface area contributed by atoms with Crippen molar-refractivity contribution in [3.8, 4) is 0 Å². The van der Waals surface area contributed by atoms with Crippen molar-refractivity contribution in [1.82, 2.24) is 9.80 Å². The van der Waals surface area contributed by atoms with Gasteiger partial charge in [-0.2, -0.15) is 0 Å². The monoisotopic (exact) mass is 258 g/mol. The minimum Gasteiger partial charge on any atom is -0.343 e. The van der Waals surface area contributed by atoms with Crippen molar-refractivity contribution < 1.29 is 4.79 Å². The molecular formula is C13H23ClN2O. The van der Waals surface area contributed by atoms with Crippen molar-refractivity contribution in [3.63, 3.8) is 0 Å². The maximum atomic E-state index is 11.8. The number of likely N-dealkylation sites (tertiary alicyclic amines) is 2. The Morgan fingerprint density at radius 2 is 1.76 bits per heavy atom. The van der Waals surface area contributed by atoms with Gasteiger partial charge in [0.25, 0.3) is 0 Å². The van der Waals surface area contributed by atoms with Crippen molar-refractivity contribution in [2.24, 2.45) is 0 Å². The van der Waals surface area contributed by atoms with Crippen LogP contribution < -0.4 is 0 Å². The summed E-state index contributed by atoms with van der Waals surface area (Å²) >= 11 is 5.62. The third-order valence-electron chi connectivity index (χ3n) is 4.00. The lowest BCUT2D eigenvalue weighted by molar-refractivity contribution is -0.132. The molecule has 0 aromatic carbocycles. The fourth-order valence-corrected chi connectivity index (χ4v) is 3.10. The van der Waals surface area contributed by atoms with Crippen LogP contribution in [0.3, 0.4) is 0 Å². The van der Waals surface area contributed by atoms with E-state index >= 15 is 0 Å². The molecule has 2 aliphatic rings. The first kappa shape index (κ1) is 13.2. The summed E-state index contributed by atoms with van der Waals surface area (Å²) in [6, 6.07) is 0.731. The molecule has 0 radical (unpaired) electrons. The van der Waals surface area contributed by atoms with E-state index in [-0.39, 0.29) is 0 Å². The van der Waals surface area contributed by atoms with E-state index in [1.807, 2.05) is 4.90 Å². The van der Waals surface area contributed by atoms with E-state index in [9.17, 15) is 4.79 Å². The molecule has 0 atom stereocenters. The highest BCUT2D eigenvalue weighted by Gasteiger charge is 2.27. The molecule has 2 fully saturated rings. The molecule has 0 aromatic heterocycles. The number of rotatable bonds is 4. The van der Waals surface area contributed by atoms with Gasteiger partial charge in [-0.05, 0) is 45.2 Å². The lowest BCUT2D eigenvalue weighted by Gasteiger charge is -2.36. The number of alkyl halides is 1. The highest BCUT2D eigenvalue weighted by Crippen LogP contribution is 2.21. The van der Waals surface area contributed by atoms with Crippen LogP contribution in [0.2, 0.25) is 0 Å². The van der Waals surface area contributed by atoms with E-state index < -0.39 is 0 Å². The number of hydrogen-bond donors (Lipinski definition) is 0. The van der Waals surface area contributed by atoms with Gasteiger partial charge in [0, 0.05) is 31.4 Å². The highest BCUT2D eigenvalue weighted by atomic mass is 35.5. The van der Waals surface area contributed by atoms with Gasteiger partial charge in [-0.15, -0.1) is 11.6 Å². The van der Waals surface area contributed by atoms with Crippen molar-refractivity contribution in [2.75, 3.05) is 32.1 Å². The smallest absolute Gasteiger partial charge is 0.222 e. The van der Waals surface area contributed by atoms with Gasteiger partial charge >= 0.3 is 0 Å². The molecule has 3 nitrogen and oxygen atoms in total. The molecule has 2 rings (SSSR count). The molecule has 0 aromatic rings. The number of nitrogens with zero attached hydrogens (tertiary/aromatic N) is 2. The lowest BCUT2D eigenvalue weighted by Crippen LogP contribution is -2.45. The molecule has 2 saturated heterocycles. The summed E-state index contributed by atoms with van der Waals surface area (Å²) in [6.45, 7) is 4.43. The van der Waals surface area contributed by atoms with Crippen LogP contribution in [-0.4, -0.2) is 53.8 Å². The summed E-state index contributed by atoms with van der Waals surface area (Å²) < 4.78 is 0. The van der Waals surface area contributed by atoms with Crippen molar-refractivity contribution in [1.29, 1.82) is 0 Å². The Balaban J connectivity index is 1.71. The van der Waals surface area contributed by atoms with E-state index in [1.54, 1.807) is 0 Å². The van der Waals surface area contributed by atoms with Crippen molar-refractivity contribution >= 4 is 17.5 Å². The molecule has 0 saturated carbocycles. The summed E-state index contributed by atoms with van der Waals surface area (Å²) in [4.78, 5) is 16.5. The van der Waals surface area contributed by atoms with E-state index in [4.69, 9.17) is 11.6 Å². The second kappa shape index (κ2) is 6.60. The Morgan fingerprint density at radius 1 is 1.12 bits per heavy atom. The molecule has 98 valence electrons. The zero-order valence-electron chi connectivity index (χ0n) is 10.5. The maximum Gasteiger partial charge on any atom is 0.222 e. The Hall–Kier alpha value is -0.280. The molecule has 4 heteroatoms. The molecule has 2 heterocycles. The van der Waals surface area contributed by atoms with Crippen LogP contribution in [0.25, 0.3) is 0 Å². The molecule has 0 N–H and O–H groups in total. The summed E-state index contributed by atoms with van der Waals surface area (Å²) in [5.41, 5.74) is 0. The zero-order valence-corrected chi connectivity index (χ0v) is 11.3. The molecule has 0 unspecified atom stereocenters. The number of amides is 1. The molecule has 0 aliphatic carbocycles. The van der Waals surface area contributed by atoms with E-state index in [0.29, 0.717) is 18.2 Å². The fraction of sp³-hybridized carbons (Fsp3) is 0.923.